The van der Waals surface area contributed by atoms with Gasteiger partial charge in [0.1, 0.15) is 5.70 Å². The first-order chi connectivity index (χ1) is 26.9. The van der Waals surface area contributed by atoms with Gasteiger partial charge in [0.15, 0.2) is 9.47 Å². The highest BCUT2D eigenvalue weighted by Gasteiger charge is 2.46. The number of hydroxylamine groups is 1. The normalized spacial score (nSPS) is 15.6. The standard InChI is InChI=1S/C39H30N8O5S3/c40-37-43-34(46-55-37)32(44-52-39(25-10-4-1-5-11-25,26-12-6-2-7-13-26)27-14-8-3-9-15-27)35(49)45-51-36(50)33-30(17-16-28-22-31(48)47(28)33)54-38-42-29(23-53-38)24-18-20-41-21-19-24/h1-15,18-21,23,28H,16-17,22H2,(H,45,49)(H2,40,43,46). The van der Waals surface area contributed by atoms with Gasteiger partial charge >= 0.3 is 11.9 Å². The molecule has 274 valence electrons. The summed E-state index contributed by atoms with van der Waals surface area (Å²) < 4.78 is 4.90. The number of nitrogens with two attached hydrogens (primary N) is 1. The Balaban J connectivity index is 1.11. The number of allylic oxidation sites excluding steroid dienone is 1. The molecule has 6 aromatic rings. The zero-order valence-corrected chi connectivity index (χ0v) is 31.2. The third-order valence-electron chi connectivity index (χ3n) is 9.04. The number of oxime groups is 1. The molecule has 0 aliphatic carbocycles. The van der Waals surface area contributed by atoms with Crippen LogP contribution in [-0.2, 0) is 29.7 Å². The Labute approximate surface area is 327 Å². The molecule has 3 aromatic heterocycles. The monoisotopic (exact) mass is 786 g/mol. The molecule has 16 heteroatoms. The van der Waals surface area contributed by atoms with Gasteiger partial charge in [-0.05, 0) is 25.0 Å². The van der Waals surface area contributed by atoms with Gasteiger partial charge in [-0.25, -0.2) is 9.78 Å². The van der Waals surface area contributed by atoms with Gasteiger partial charge in [-0.3, -0.25) is 14.6 Å². The molecule has 55 heavy (non-hydrogen) atoms. The van der Waals surface area contributed by atoms with Crippen LogP contribution in [0.2, 0.25) is 0 Å². The lowest BCUT2D eigenvalue weighted by atomic mass is 9.80. The third-order valence-corrected chi connectivity index (χ3v) is 11.7. The first-order valence-corrected chi connectivity index (χ1v) is 19.5. The molecule has 2 aliphatic heterocycles. The molecule has 1 saturated heterocycles. The summed E-state index contributed by atoms with van der Waals surface area (Å²) in [6, 6.07) is 32.0. The maximum Gasteiger partial charge on any atom is 0.380 e. The van der Waals surface area contributed by atoms with Crippen LogP contribution in [0.4, 0.5) is 5.13 Å². The minimum absolute atomic E-state index is 0.0560. The number of anilines is 1. The Morgan fingerprint density at radius 2 is 1.55 bits per heavy atom. The number of nitrogens with zero attached hydrogens (tertiary/aromatic N) is 6. The highest BCUT2D eigenvalue weighted by molar-refractivity contribution is 8.04. The maximum atomic E-state index is 14.0. The summed E-state index contributed by atoms with van der Waals surface area (Å²) in [5.41, 5.74) is 10.3. The van der Waals surface area contributed by atoms with Gasteiger partial charge in [0.05, 0.1) is 5.69 Å². The number of carbonyl (C=O) groups is 3. The van der Waals surface area contributed by atoms with Crippen molar-refractivity contribution in [1.29, 1.82) is 0 Å². The van der Waals surface area contributed by atoms with Crippen molar-refractivity contribution in [3.05, 3.63) is 154 Å². The predicted molar refractivity (Wildman–Crippen MR) is 208 cm³/mol. The number of aromatic nitrogens is 4. The molecule has 3 aromatic carbocycles. The smallest absolute Gasteiger partial charge is 0.374 e. The highest BCUT2D eigenvalue weighted by atomic mass is 32.2. The Kier molecular flexibility index (Phi) is 10.2. The lowest BCUT2D eigenvalue weighted by Gasteiger charge is -2.44. The third kappa shape index (κ3) is 7.22. The molecule has 0 radical (unpaired) electrons. The average Bonchev–Trinajstić information content (AvgIpc) is 3.89. The summed E-state index contributed by atoms with van der Waals surface area (Å²) in [6.45, 7) is 0. The molecule has 5 heterocycles. The highest BCUT2D eigenvalue weighted by Crippen LogP contribution is 2.45. The number of thiazole rings is 1. The lowest BCUT2D eigenvalue weighted by molar-refractivity contribution is -0.159. The minimum atomic E-state index is -1.34. The van der Waals surface area contributed by atoms with E-state index < -0.39 is 23.2 Å². The molecule has 0 saturated carbocycles. The van der Waals surface area contributed by atoms with Gasteiger partial charge in [0, 0.05) is 68.9 Å². The van der Waals surface area contributed by atoms with Crippen molar-refractivity contribution in [3.8, 4) is 11.3 Å². The van der Waals surface area contributed by atoms with E-state index in [1.165, 1.54) is 28.0 Å². The Hall–Kier alpha value is -6.23. The molecular formula is C39H30N8O5S3. The first kappa shape index (κ1) is 35.8. The van der Waals surface area contributed by atoms with Crippen LogP contribution in [0.3, 0.4) is 0 Å². The summed E-state index contributed by atoms with van der Waals surface area (Å²) in [7, 11) is 0. The molecule has 8 rings (SSSR count). The number of nitrogens with one attached hydrogen (secondary N) is 1. The van der Waals surface area contributed by atoms with Crippen LogP contribution < -0.4 is 11.2 Å². The predicted octanol–water partition coefficient (Wildman–Crippen LogP) is 6.32. The van der Waals surface area contributed by atoms with Crippen LogP contribution in [0.25, 0.3) is 11.3 Å². The zero-order chi connectivity index (χ0) is 37.8. The van der Waals surface area contributed by atoms with Crippen molar-refractivity contribution >= 4 is 63.3 Å². The van der Waals surface area contributed by atoms with E-state index in [-0.39, 0.29) is 28.6 Å². The molecule has 1 fully saturated rings. The van der Waals surface area contributed by atoms with E-state index in [1.54, 1.807) is 12.4 Å². The van der Waals surface area contributed by atoms with Crippen LogP contribution in [0.5, 0.6) is 0 Å². The fraction of sp³-hybridized carbons (Fsp3) is 0.128. The van der Waals surface area contributed by atoms with Gasteiger partial charge in [-0.15, -0.1) is 11.3 Å². The Bertz CT molecular complexity index is 2310. The van der Waals surface area contributed by atoms with E-state index in [9.17, 15) is 14.4 Å². The fourth-order valence-corrected chi connectivity index (χ4v) is 8.92. The van der Waals surface area contributed by atoms with Crippen molar-refractivity contribution in [2.45, 2.75) is 35.2 Å². The van der Waals surface area contributed by atoms with Crippen LogP contribution in [-0.4, -0.2) is 53.8 Å². The van der Waals surface area contributed by atoms with E-state index in [1.807, 2.05) is 109 Å². The van der Waals surface area contributed by atoms with Gasteiger partial charge in [-0.2, -0.15) is 14.8 Å². The largest absolute Gasteiger partial charge is 0.380 e. The Morgan fingerprint density at radius 3 is 2.13 bits per heavy atom. The van der Waals surface area contributed by atoms with E-state index in [0.717, 1.165) is 39.5 Å². The number of nitrogen functional groups attached to an aromatic ring is 1. The molecule has 1 unspecified atom stereocenters. The zero-order valence-electron chi connectivity index (χ0n) is 28.8. The molecule has 2 amide bonds. The maximum absolute atomic E-state index is 14.0. The van der Waals surface area contributed by atoms with Crippen LogP contribution in [0.15, 0.2) is 141 Å². The van der Waals surface area contributed by atoms with Gasteiger partial charge in [0.2, 0.25) is 23.0 Å². The quantitative estimate of drug-likeness (QED) is 0.0651. The first-order valence-electron chi connectivity index (χ1n) is 17.0. The number of β-lactam (4-membered cyclic amide) rings is 1. The summed E-state index contributed by atoms with van der Waals surface area (Å²) in [4.78, 5) is 67.6. The van der Waals surface area contributed by atoms with Crippen LogP contribution in [0, 0.1) is 0 Å². The number of fused-ring (bicyclic) bond motifs is 1. The van der Waals surface area contributed by atoms with Crippen LogP contribution >= 0.6 is 34.6 Å². The van der Waals surface area contributed by atoms with Gasteiger partial charge < -0.3 is 20.3 Å². The number of amides is 2. The van der Waals surface area contributed by atoms with Crippen LogP contribution in [0.1, 0.15) is 41.8 Å². The van der Waals surface area contributed by atoms with Crippen molar-refractivity contribution in [2.24, 2.45) is 5.16 Å². The van der Waals surface area contributed by atoms with Gasteiger partial charge in [0.25, 0.3) is 0 Å². The van der Waals surface area contributed by atoms with Crippen molar-refractivity contribution in [2.75, 3.05) is 5.73 Å². The van der Waals surface area contributed by atoms with Crippen molar-refractivity contribution in [3.63, 3.8) is 0 Å². The molecule has 13 nitrogen and oxygen atoms in total. The number of rotatable bonds is 11. The van der Waals surface area contributed by atoms with Crippen molar-refractivity contribution < 1.29 is 24.1 Å². The molecular weight excluding hydrogens is 757 g/mol. The molecule has 3 N–H and O–H groups in total. The summed E-state index contributed by atoms with van der Waals surface area (Å²) in [5, 5.41) is 6.40. The van der Waals surface area contributed by atoms with E-state index in [2.05, 4.69) is 25.0 Å². The summed E-state index contributed by atoms with van der Waals surface area (Å²) in [6.07, 6.45) is 4.90. The fourth-order valence-electron chi connectivity index (χ4n) is 6.44. The van der Waals surface area contributed by atoms with Crippen molar-refractivity contribution in [1.82, 2.24) is 29.7 Å². The lowest BCUT2D eigenvalue weighted by Crippen LogP contribution is -2.55. The molecule has 0 bridgehead atoms. The number of hydrogen-bond acceptors (Lipinski definition) is 14. The molecule has 2 aliphatic rings. The average molecular weight is 787 g/mol. The number of pyridine rings is 1. The minimum Gasteiger partial charge on any atom is -0.374 e. The summed E-state index contributed by atoms with van der Waals surface area (Å²) >= 11 is 3.57. The van der Waals surface area contributed by atoms with Gasteiger partial charge in [-0.1, -0.05) is 108 Å². The topological polar surface area (TPSA) is 175 Å². The Morgan fingerprint density at radius 1 is 0.909 bits per heavy atom. The number of hydrogen-bond donors (Lipinski definition) is 2. The molecule has 1 atom stereocenters. The molecule has 0 spiro atoms. The second kappa shape index (κ2) is 15.6. The number of thioether (sulfide) groups is 1. The van der Waals surface area contributed by atoms with E-state index >= 15 is 0 Å². The number of benzene rings is 3. The second-order valence-corrected chi connectivity index (χ2v) is 15.3. The van der Waals surface area contributed by atoms with E-state index in [0.29, 0.717) is 28.5 Å². The second-order valence-electron chi connectivity index (χ2n) is 12.4. The summed E-state index contributed by atoms with van der Waals surface area (Å²) in [5.74, 6) is -2.25. The number of carbonyl (C=O) groups excluding carboxylic acids is 3. The van der Waals surface area contributed by atoms with E-state index in [4.69, 9.17) is 20.4 Å². The SMILES string of the molecule is Nc1nc(C(=NOC(c2ccccc2)(c2ccccc2)c2ccccc2)C(=O)NOC(=O)C2=C(Sc3nc(-c4ccncc4)cs3)CCC3CC(=O)N23)ns1.